The lowest BCUT2D eigenvalue weighted by Gasteiger charge is -2.12. The lowest BCUT2D eigenvalue weighted by atomic mass is 10.0. The minimum Gasteiger partial charge on any atom is -0.479 e. The summed E-state index contributed by atoms with van der Waals surface area (Å²) in [4.78, 5) is 24.8. The monoisotopic (exact) mass is 543 g/mol. The second-order valence-electron chi connectivity index (χ2n) is 8.57. The SMILES string of the molecule is C=C/C=C(\C=C/COC)C(=O)n1c(C)c(Cc2cccc(O[C@H](C)C(=O)O)c2)c2cc(OC(F)(F)F)ccc21. The Balaban J connectivity index is 2.14. The normalized spacial score (nSPS) is 13.0. The largest absolute Gasteiger partial charge is 0.573 e. The summed E-state index contributed by atoms with van der Waals surface area (Å²) in [6.45, 7) is 7.04. The molecule has 0 unspecified atom stereocenters. The quantitative estimate of drug-likeness (QED) is 0.227. The molecule has 0 saturated carbocycles. The van der Waals surface area contributed by atoms with E-state index in [0.29, 0.717) is 39.0 Å². The Hall–Kier alpha value is -4.31. The number of aliphatic carboxylic acids is 1. The molecule has 0 spiro atoms. The zero-order chi connectivity index (χ0) is 28.7. The number of ether oxygens (including phenoxy) is 3. The molecule has 1 atom stereocenters. The van der Waals surface area contributed by atoms with E-state index in [1.807, 2.05) is 0 Å². The van der Waals surface area contributed by atoms with Crippen molar-refractivity contribution >= 4 is 22.8 Å². The van der Waals surface area contributed by atoms with E-state index in [1.54, 1.807) is 43.3 Å². The van der Waals surface area contributed by atoms with Crippen molar-refractivity contribution in [1.82, 2.24) is 4.57 Å². The number of fused-ring (bicyclic) bond motifs is 1. The second kappa shape index (κ2) is 12.5. The van der Waals surface area contributed by atoms with Gasteiger partial charge in [-0.15, -0.1) is 13.2 Å². The van der Waals surface area contributed by atoms with Crippen molar-refractivity contribution in [3.05, 3.63) is 95.7 Å². The van der Waals surface area contributed by atoms with E-state index in [9.17, 15) is 22.8 Å². The molecule has 0 radical (unpaired) electrons. The van der Waals surface area contributed by atoms with Crippen LogP contribution in [0.5, 0.6) is 11.5 Å². The average molecular weight is 544 g/mol. The molecule has 2 aromatic carbocycles. The van der Waals surface area contributed by atoms with E-state index in [1.165, 1.54) is 42.9 Å². The average Bonchev–Trinajstić information content (AvgIpc) is 3.13. The van der Waals surface area contributed by atoms with Crippen LogP contribution in [0.3, 0.4) is 0 Å². The van der Waals surface area contributed by atoms with Gasteiger partial charge in [-0.05, 0) is 61.7 Å². The van der Waals surface area contributed by atoms with Crippen LogP contribution in [0.1, 0.15) is 28.5 Å². The summed E-state index contributed by atoms with van der Waals surface area (Å²) in [6.07, 6.45) is 0.495. The van der Waals surface area contributed by atoms with Gasteiger partial charge in [-0.3, -0.25) is 9.36 Å². The highest BCUT2D eigenvalue weighted by Gasteiger charge is 2.31. The van der Waals surface area contributed by atoms with E-state index >= 15 is 0 Å². The lowest BCUT2D eigenvalue weighted by Crippen LogP contribution is -2.22. The summed E-state index contributed by atoms with van der Waals surface area (Å²) in [5.74, 6) is -1.64. The maximum Gasteiger partial charge on any atom is 0.573 e. The number of alkyl halides is 3. The lowest BCUT2D eigenvalue weighted by molar-refractivity contribution is -0.274. The van der Waals surface area contributed by atoms with Crippen LogP contribution < -0.4 is 9.47 Å². The fraction of sp³-hybridized carbons (Fsp3) is 0.241. The number of halogens is 3. The molecule has 0 aliphatic carbocycles. The molecule has 0 aliphatic rings. The Morgan fingerprint density at radius 1 is 1.15 bits per heavy atom. The summed E-state index contributed by atoms with van der Waals surface area (Å²) < 4.78 is 55.0. The maximum atomic E-state index is 13.7. The molecule has 0 fully saturated rings. The summed E-state index contributed by atoms with van der Waals surface area (Å²) in [7, 11) is 1.52. The molecular weight excluding hydrogens is 515 g/mol. The van der Waals surface area contributed by atoms with E-state index < -0.39 is 30.1 Å². The Kier molecular flexibility index (Phi) is 9.37. The van der Waals surface area contributed by atoms with Crippen LogP contribution in [0.4, 0.5) is 13.2 Å². The van der Waals surface area contributed by atoms with Crippen molar-refractivity contribution in [2.45, 2.75) is 32.7 Å². The van der Waals surface area contributed by atoms with Crippen molar-refractivity contribution in [2.75, 3.05) is 13.7 Å². The van der Waals surface area contributed by atoms with Gasteiger partial charge in [0.15, 0.2) is 6.10 Å². The van der Waals surface area contributed by atoms with Gasteiger partial charge in [0, 0.05) is 23.8 Å². The number of methoxy groups -OCH3 is 1. The summed E-state index contributed by atoms with van der Waals surface area (Å²) in [5.41, 5.74) is 2.49. The molecule has 39 heavy (non-hydrogen) atoms. The Bertz CT molecular complexity index is 1430. The van der Waals surface area contributed by atoms with Gasteiger partial charge in [-0.2, -0.15) is 0 Å². The number of nitrogens with zero attached hydrogens (tertiary/aromatic N) is 1. The van der Waals surface area contributed by atoms with Crippen molar-refractivity contribution < 1.29 is 42.1 Å². The molecule has 0 saturated heterocycles. The van der Waals surface area contributed by atoms with Gasteiger partial charge in [0.05, 0.1) is 12.1 Å². The molecular formula is C29H28F3NO6. The number of hydrogen-bond donors (Lipinski definition) is 1. The van der Waals surface area contributed by atoms with Crippen molar-refractivity contribution in [3.63, 3.8) is 0 Å². The van der Waals surface area contributed by atoms with Gasteiger partial charge in [0.1, 0.15) is 11.5 Å². The van der Waals surface area contributed by atoms with Gasteiger partial charge in [-0.25, -0.2) is 4.79 Å². The smallest absolute Gasteiger partial charge is 0.479 e. The number of aromatic nitrogens is 1. The molecule has 206 valence electrons. The van der Waals surface area contributed by atoms with Crippen LogP contribution in [0.2, 0.25) is 0 Å². The summed E-state index contributed by atoms with van der Waals surface area (Å²) in [5, 5.41) is 9.54. The highest BCUT2D eigenvalue weighted by Crippen LogP contribution is 2.34. The first-order valence-corrected chi connectivity index (χ1v) is 11.9. The zero-order valence-electron chi connectivity index (χ0n) is 21.6. The van der Waals surface area contributed by atoms with E-state index in [-0.39, 0.29) is 13.0 Å². The number of carboxylic acids is 1. The minimum absolute atomic E-state index is 0.219. The highest BCUT2D eigenvalue weighted by atomic mass is 19.4. The highest BCUT2D eigenvalue weighted by molar-refractivity contribution is 6.05. The topological polar surface area (TPSA) is 87.0 Å². The van der Waals surface area contributed by atoms with Crippen LogP contribution in [0.25, 0.3) is 10.9 Å². The van der Waals surface area contributed by atoms with Crippen LogP contribution in [0, 0.1) is 6.92 Å². The van der Waals surface area contributed by atoms with E-state index in [2.05, 4.69) is 11.3 Å². The fourth-order valence-electron chi connectivity index (χ4n) is 4.06. The maximum absolute atomic E-state index is 13.7. The standard InChI is InChI=1S/C29H28F3NO6/c1-5-8-21(10-7-14-37-4)27(34)33-18(2)24(25-17-23(12-13-26(25)33)39-29(30,31)32)16-20-9-6-11-22(15-20)38-19(3)28(35)36/h5-13,15,17,19H,1,14,16H2,2-4H3,(H,35,36)/b10-7-,21-8+/t19-/m1/s1. The predicted molar refractivity (Wildman–Crippen MR) is 140 cm³/mol. The van der Waals surface area contributed by atoms with E-state index in [0.717, 1.165) is 6.07 Å². The first kappa shape index (κ1) is 29.2. The van der Waals surface area contributed by atoms with Gasteiger partial charge in [0.2, 0.25) is 0 Å². The molecule has 0 bridgehead atoms. The third-order valence-electron chi connectivity index (χ3n) is 5.79. The van der Waals surface area contributed by atoms with E-state index in [4.69, 9.17) is 14.6 Å². The van der Waals surface area contributed by atoms with Gasteiger partial charge >= 0.3 is 12.3 Å². The zero-order valence-corrected chi connectivity index (χ0v) is 21.6. The first-order chi connectivity index (χ1) is 18.4. The summed E-state index contributed by atoms with van der Waals surface area (Å²) >= 11 is 0. The minimum atomic E-state index is -4.89. The van der Waals surface area contributed by atoms with Crippen LogP contribution >= 0.6 is 0 Å². The summed E-state index contributed by atoms with van der Waals surface area (Å²) in [6, 6.07) is 10.5. The molecule has 1 N–H and O–H groups in total. The van der Waals surface area contributed by atoms with Gasteiger partial charge in [-0.1, -0.05) is 43.0 Å². The number of benzene rings is 2. The Morgan fingerprint density at radius 2 is 1.90 bits per heavy atom. The van der Waals surface area contributed by atoms with Gasteiger partial charge in [0.25, 0.3) is 5.91 Å². The first-order valence-electron chi connectivity index (χ1n) is 11.9. The molecule has 10 heteroatoms. The Morgan fingerprint density at radius 3 is 2.54 bits per heavy atom. The van der Waals surface area contributed by atoms with Crippen molar-refractivity contribution in [1.29, 1.82) is 0 Å². The molecule has 0 aliphatic heterocycles. The van der Waals surface area contributed by atoms with Crippen LogP contribution in [0.15, 0.2) is 78.9 Å². The molecule has 0 amide bonds. The molecule has 3 aromatic rings. The van der Waals surface area contributed by atoms with Crippen molar-refractivity contribution in [3.8, 4) is 11.5 Å². The number of hydrogen-bond acceptors (Lipinski definition) is 5. The van der Waals surface area contributed by atoms with Crippen molar-refractivity contribution in [2.24, 2.45) is 0 Å². The third-order valence-corrected chi connectivity index (χ3v) is 5.79. The van der Waals surface area contributed by atoms with Crippen LogP contribution in [-0.2, 0) is 16.0 Å². The number of carboxylic acid groups (broad SMARTS) is 1. The third kappa shape index (κ3) is 7.38. The molecule has 7 nitrogen and oxygen atoms in total. The second-order valence-corrected chi connectivity index (χ2v) is 8.57. The predicted octanol–water partition coefficient (Wildman–Crippen LogP) is 6.25. The number of carbonyl (C=O) groups excluding carboxylic acids is 1. The van der Waals surface area contributed by atoms with Crippen LogP contribution in [-0.4, -0.2) is 47.7 Å². The number of allylic oxidation sites excluding steroid dienone is 4. The number of carbonyl (C=O) groups is 2. The molecule has 1 heterocycles. The molecule has 3 rings (SSSR count). The fourth-order valence-corrected chi connectivity index (χ4v) is 4.06. The Labute approximate surface area is 223 Å². The number of rotatable bonds is 11. The molecule has 1 aromatic heterocycles. The van der Waals surface area contributed by atoms with Gasteiger partial charge < -0.3 is 19.3 Å².